The van der Waals surface area contributed by atoms with E-state index in [4.69, 9.17) is 0 Å². The molecule has 1 heterocycles. The predicted molar refractivity (Wildman–Crippen MR) is 135 cm³/mol. The van der Waals surface area contributed by atoms with Crippen LogP contribution in [0.5, 0.6) is 11.5 Å². The van der Waals surface area contributed by atoms with Crippen LogP contribution in [0.25, 0.3) is 0 Å². The van der Waals surface area contributed by atoms with Gasteiger partial charge in [-0.3, -0.25) is 0 Å². The first kappa shape index (κ1) is 24.6. The molecule has 32 heavy (non-hydrogen) atoms. The van der Waals surface area contributed by atoms with E-state index >= 15 is 0 Å². The van der Waals surface area contributed by atoms with Gasteiger partial charge < -0.3 is 15.5 Å². The Kier molecular flexibility index (Phi) is 6.00. The highest BCUT2D eigenvalue weighted by Crippen LogP contribution is 2.48. The van der Waals surface area contributed by atoms with Crippen LogP contribution in [-0.2, 0) is 34.7 Å². The molecule has 0 radical (unpaired) electrons. The van der Waals surface area contributed by atoms with Gasteiger partial charge in [0.05, 0.1) is 0 Å². The molecule has 1 aliphatic rings. The molecular weight excluding hydrogens is 394 g/mol. The maximum Gasteiger partial charge on any atom is 0.123 e. The number of phenols is 2. The van der Waals surface area contributed by atoms with Crippen LogP contribution in [0.1, 0.15) is 109 Å². The predicted octanol–water partition coefficient (Wildman–Crippen LogP) is 6.94. The summed E-state index contributed by atoms with van der Waals surface area (Å²) in [5, 5.41) is 26.3. The number of benzene rings is 2. The molecule has 3 rings (SSSR count). The van der Waals surface area contributed by atoms with Gasteiger partial charge >= 0.3 is 0 Å². The standard InChI is InChI=1S/C29H43NO2/c1-26(2,3)20-11-18-13-22(24(20)31)28(7,8)17-29(9,10)23-14-19(16-30-15-18)12-21(25(23)32)27(4,5)6/h11-14,30-32H,15-17H2,1-10H3. The summed E-state index contributed by atoms with van der Waals surface area (Å²) in [7, 11) is 0. The van der Waals surface area contributed by atoms with Gasteiger partial charge in [-0.25, -0.2) is 0 Å². The lowest BCUT2D eigenvalue weighted by Crippen LogP contribution is -2.32. The van der Waals surface area contributed by atoms with E-state index in [1.807, 2.05) is 0 Å². The van der Waals surface area contributed by atoms with Crippen LogP contribution in [0.15, 0.2) is 24.3 Å². The molecule has 2 aromatic rings. The van der Waals surface area contributed by atoms with Crippen LogP contribution in [0, 0.1) is 0 Å². The molecule has 0 aromatic heterocycles. The van der Waals surface area contributed by atoms with Crippen molar-refractivity contribution in [3.8, 4) is 11.5 Å². The molecule has 2 aromatic carbocycles. The fourth-order valence-electron chi connectivity index (χ4n) is 5.41. The maximum absolute atomic E-state index is 11.4. The topological polar surface area (TPSA) is 52.5 Å². The molecule has 0 aliphatic carbocycles. The normalized spacial score (nSPS) is 18.6. The van der Waals surface area contributed by atoms with Crippen LogP contribution in [0.3, 0.4) is 0 Å². The van der Waals surface area contributed by atoms with Gasteiger partial charge in [0.1, 0.15) is 11.5 Å². The average molecular weight is 438 g/mol. The lowest BCUT2D eigenvalue weighted by Gasteiger charge is -2.39. The van der Waals surface area contributed by atoms with E-state index in [2.05, 4.69) is 98.8 Å². The molecule has 0 fully saturated rings. The molecule has 0 atom stereocenters. The van der Waals surface area contributed by atoms with Crippen molar-refractivity contribution >= 4 is 0 Å². The molecule has 3 nitrogen and oxygen atoms in total. The Hall–Kier alpha value is -2.00. The van der Waals surface area contributed by atoms with E-state index in [0.29, 0.717) is 11.5 Å². The summed E-state index contributed by atoms with van der Waals surface area (Å²) in [6, 6.07) is 8.65. The van der Waals surface area contributed by atoms with Crippen LogP contribution >= 0.6 is 0 Å². The minimum atomic E-state index is -0.285. The van der Waals surface area contributed by atoms with Crippen molar-refractivity contribution in [3.63, 3.8) is 0 Å². The zero-order chi connectivity index (χ0) is 24.3. The Morgan fingerprint density at radius 3 is 1.31 bits per heavy atom. The molecule has 4 bridgehead atoms. The van der Waals surface area contributed by atoms with Gasteiger partial charge in [0.15, 0.2) is 0 Å². The van der Waals surface area contributed by atoms with Crippen molar-refractivity contribution in [1.29, 1.82) is 0 Å². The molecule has 3 heteroatoms. The summed E-state index contributed by atoms with van der Waals surface area (Å²) in [6.07, 6.45) is 0.800. The second-order valence-corrected chi connectivity index (χ2v) is 13.1. The minimum absolute atomic E-state index is 0.151. The van der Waals surface area contributed by atoms with Crippen molar-refractivity contribution in [2.45, 2.75) is 110 Å². The zero-order valence-electron chi connectivity index (χ0n) is 21.8. The first-order valence-corrected chi connectivity index (χ1v) is 11.9. The van der Waals surface area contributed by atoms with Crippen molar-refractivity contribution < 1.29 is 10.2 Å². The first-order chi connectivity index (χ1) is 14.4. The highest BCUT2D eigenvalue weighted by molar-refractivity contribution is 5.53. The first-order valence-electron chi connectivity index (χ1n) is 11.9. The number of hydrogen-bond acceptors (Lipinski definition) is 3. The number of aromatic hydroxyl groups is 2. The Balaban J connectivity index is 2.25. The second-order valence-electron chi connectivity index (χ2n) is 13.1. The third-order valence-corrected chi connectivity index (χ3v) is 6.96. The summed E-state index contributed by atoms with van der Waals surface area (Å²) >= 11 is 0. The smallest absolute Gasteiger partial charge is 0.123 e. The van der Waals surface area contributed by atoms with Gasteiger partial charge in [-0.2, -0.15) is 0 Å². The largest absolute Gasteiger partial charge is 0.507 e. The minimum Gasteiger partial charge on any atom is -0.507 e. The van der Waals surface area contributed by atoms with E-state index < -0.39 is 0 Å². The molecule has 1 aliphatic heterocycles. The van der Waals surface area contributed by atoms with Gasteiger partial charge in [-0.15, -0.1) is 0 Å². The summed E-state index contributed by atoms with van der Waals surface area (Å²) in [5.41, 5.74) is 5.48. The lowest BCUT2D eigenvalue weighted by molar-refractivity contribution is 0.322. The van der Waals surface area contributed by atoms with Crippen molar-refractivity contribution in [3.05, 3.63) is 57.6 Å². The van der Waals surface area contributed by atoms with Gasteiger partial charge in [0.2, 0.25) is 0 Å². The molecule has 0 unspecified atom stereocenters. The van der Waals surface area contributed by atoms with Crippen molar-refractivity contribution in [2.24, 2.45) is 0 Å². The Labute approximate surface area is 195 Å². The van der Waals surface area contributed by atoms with Crippen molar-refractivity contribution in [2.75, 3.05) is 0 Å². The summed E-state index contributed by atoms with van der Waals surface area (Å²) in [5.74, 6) is 0.819. The van der Waals surface area contributed by atoms with Gasteiger partial charge in [-0.1, -0.05) is 93.5 Å². The van der Waals surface area contributed by atoms with Gasteiger partial charge in [0.25, 0.3) is 0 Å². The van der Waals surface area contributed by atoms with Crippen LogP contribution < -0.4 is 5.32 Å². The van der Waals surface area contributed by atoms with Crippen LogP contribution in [0.4, 0.5) is 0 Å². The third kappa shape index (κ3) is 4.69. The Morgan fingerprint density at radius 2 is 1.00 bits per heavy atom. The highest BCUT2D eigenvalue weighted by atomic mass is 16.3. The number of rotatable bonds is 0. The van der Waals surface area contributed by atoms with E-state index in [0.717, 1.165) is 41.8 Å². The quantitative estimate of drug-likeness (QED) is 0.418. The fourth-order valence-corrected chi connectivity index (χ4v) is 5.41. The monoisotopic (exact) mass is 437 g/mol. The molecule has 176 valence electrons. The van der Waals surface area contributed by atoms with Gasteiger partial charge in [0, 0.05) is 24.2 Å². The molecule has 0 saturated heterocycles. The van der Waals surface area contributed by atoms with E-state index in [1.54, 1.807) is 0 Å². The number of nitrogens with one attached hydrogen (secondary N) is 1. The second kappa shape index (κ2) is 7.80. The molecule has 0 amide bonds. The van der Waals surface area contributed by atoms with E-state index in [-0.39, 0.29) is 21.7 Å². The number of hydrogen-bond donors (Lipinski definition) is 3. The molecule has 0 saturated carbocycles. The van der Waals surface area contributed by atoms with Gasteiger partial charge in [-0.05, 0) is 50.3 Å². The van der Waals surface area contributed by atoms with Crippen molar-refractivity contribution in [1.82, 2.24) is 5.32 Å². The molecule has 3 N–H and O–H groups in total. The van der Waals surface area contributed by atoms with Crippen LogP contribution in [0.2, 0.25) is 0 Å². The molecular formula is C29H43NO2. The molecule has 0 spiro atoms. The average Bonchev–Trinajstić information content (AvgIpc) is 2.60. The fraction of sp³-hybridized carbons (Fsp3) is 0.586. The summed E-state index contributed by atoms with van der Waals surface area (Å²) < 4.78 is 0. The SMILES string of the molecule is CC(C)(C)c1cc2cc(c1O)C(C)(C)CC(C)(C)c1cc(cc(C(C)(C)C)c1O)CNC2. The van der Waals surface area contributed by atoms with E-state index in [1.165, 1.54) is 11.1 Å². The Bertz CT molecular complexity index is 935. The third-order valence-electron chi connectivity index (χ3n) is 6.96. The number of phenolic OH excluding ortho intramolecular Hbond substituents is 2. The Morgan fingerprint density at radius 1 is 0.656 bits per heavy atom. The summed E-state index contributed by atoms with van der Waals surface area (Å²) in [4.78, 5) is 0. The lowest BCUT2D eigenvalue weighted by atomic mass is 9.66. The maximum atomic E-state index is 11.4. The van der Waals surface area contributed by atoms with Crippen LogP contribution in [-0.4, -0.2) is 10.2 Å². The van der Waals surface area contributed by atoms with E-state index in [9.17, 15) is 10.2 Å². The highest BCUT2D eigenvalue weighted by Gasteiger charge is 2.38. The number of fused-ring (bicyclic) bond motifs is 4. The summed E-state index contributed by atoms with van der Waals surface area (Å²) in [6.45, 7) is 23.2. The zero-order valence-corrected chi connectivity index (χ0v) is 21.8.